The van der Waals surface area contributed by atoms with E-state index >= 15 is 0 Å². The molecular formula is C12H23NO2. The molecule has 88 valence electrons. The van der Waals surface area contributed by atoms with Crippen LogP contribution < -0.4 is 5.32 Å². The Labute approximate surface area is 92.8 Å². The van der Waals surface area contributed by atoms with Crippen LogP contribution in [-0.2, 0) is 9.47 Å². The van der Waals surface area contributed by atoms with Crippen molar-refractivity contribution in [1.29, 1.82) is 0 Å². The van der Waals surface area contributed by atoms with Crippen LogP contribution in [0.3, 0.4) is 0 Å². The van der Waals surface area contributed by atoms with E-state index in [1.807, 2.05) is 0 Å². The third-order valence-corrected chi connectivity index (χ3v) is 2.53. The summed E-state index contributed by atoms with van der Waals surface area (Å²) in [6, 6.07) is 0. The fourth-order valence-electron chi connectivity index (χ4n) is 1.78. The van der Waals surface area contributed by atoms with Crippen molar-refractivity contribution in [2.24, 2.45) is 0 Å². The lowest BCUT2D eigenvalue weighted by Crippen LogP contribution is -2.28. The van der Waals surface area contributed by atoms with Gasteiger partial charge in [0.25, 0.3) is 0 Å². The van der Waals surface area contributed by atoms with Crippen LogP contribution in [0, 0.1) is 0 Å². The van der Waals surface area contributed by atoms with Gasteiger partial charge in [-0.1, -0.05) is 13.0 Å². The molecule has 0 spiro atoms. The molecule has 0 aromatic heterocycles. The summed E-state index contributed by atoms with van der Waals surface area (Å²) >= 11 is 0. The van der Waals surface area contributed by atoms with E-state index in [2.05, 4.69) is 18.8 Å². The molecule has 2 atom stereocenters. The van der Waals surface area contributed by atoms with Crippen LogP contribution in [0.5, 0.6) is 0 Å². The van der Waals surface area contributed by atoms with E-state index < -0.39 is 0 Å². The molecule has 0 aromatic rings. The van der Waals surface area contributed by atoms with Crippen molar-refractivity contribution in [1.82, 2.24) is 5.32 Å². The number of rotatable bonds is 8. The Balaban J connectivity index is 2.02. The van der Waals surface area contributed by atoms with E-state index in [1.165, 1.54) is 6.42 Å². The Hall–Kier alpha value is -0.380. The third kappa shape index (κ3) is 5.30. The summed E-state index contributed by atoms with van der Waals surface area (Å²) in [6.07, 6.45) is 5.90. The summed E-state index contributed by atoms with van der Waals surface area (Å²) in [5, 5.41) is 3.38. The number of hydrogen-bond acceptors (Lipinski definition) is 3. The molecule has 1 rings (SSSR count). The Morgan fingerprint density at radius 3 is 3.00 bits per heavy atom. The Bertz CT molecular complexity index is 173. The van der Waals surface area contributed by atoms with Crippen molar-refractivity contribution in [2.75, 3.05) is 26.3 Å². The Kier molecular flexibility index (Phi) is 6.64. The predicted molar refractivity (Wildman–Crippen MR) is 62.1 cm³/mol. The van der Waals surface area contributed by atoms with E-state index in [0.29, 0.717) is 25.4 Å². The minimum Gasteiger partial charge on any atom is -0.375 e. The van der Waals surface area contributed by atoms with Gasteiger partial charge in [-0.15, -0.1) is 6.58 Å². The maximum absolute atomic E-state index is 5.83. The van der Waals surface area contributed by atoms with Gasteiger partial charge in [-0.25, -0.2) is 0 Å². The molecule has 0 bridgehead atoms. The predicted octanol–water partition coefficient (Wildman–Crippen LogP) is 1.74. The first kappa shape index (κ1) is 12.7. The molecule has 1 saturated heterocycles. The molecule has 3 nitrogen and oxygen atoms in total. The minimum atomic E-state index is 0.290. The van der Waals surface area contributed by atoms with Crippen LogP contribution >= 0.6 is 0 Å². The molecule has 1 aliphatic rings. The summed E-state index contributed by atoms with van der Waals surface area (Å²) in [4.78, 5) is 0. The molecule has 3 heteroatoms. The van der Waals surface area contributed by atoms with Crippen LogP contribution in [0.4, 0.5) is 0 Å². The SMILES string of the molecule is C=CCOCC1CCC(CNCCC)O1. The average Bonchev–Trinajstić information content (AvgIpc) is 2.67. The monoisotopic (exact) mass is 213 g/mol. The van der Waals surface area contributed by atoms with E-state index in [4.69, 9.17) is 9.47 Å². The number of ether oxygens (including phenoxy) is 2. The van der Waals surface area contributed by atoms with Crippen LogP contribution in [-0.4, -0.2) is 38.5 Å². The first-order valence-corrected chi connectivity index (χ1v) is 5.91. The molecule has 1 fully saturated rings. The van der Waals surface area contributed by atoms with Crippen molar-refractivity contribution >= 4 is 0 Å². The van der Waals surface area contributed by atoms with E-state index in [0.717, 1.165) is 25.9 Å². The zero-order valence-electron chi connectivity index (χ0n) is 9.71. The lowest BCUT2D eigenvalue weighted by molar-refractivity contribution is -0.00797. The summed E-state index contributed by atoms with van der Waals surface area (Å²) in [6.45, 7) is 9.18. The molecule has 15 heavy (non-hydrogen) atoms. The van der Waals surface area contributed by atoms with Gasteiger partial charge in [-0.05, 0) is 25.8 Å². The lowest BCUT2D eigenvalue weighted by atomic mass is 10.2. The standard InChI is InChI=1S/C12H23NO2/c1-3-7-13-9-11-5-6-12(15-11)10-14-8-4-2/h4,11-13H,2-3,5-10H2,1H3. The highest BCUT2D eigenvalue weighted by Crippen LogP contribution is 2.19. The largest absolute Gasteiger partial charge is 0.375 e. The number of nitrogens with one attached hydrogen (secondary N) is 1. The number of hydrogen-bond donors (Lipinski definition) is 1. The highest BCUT2D eigenvalue weighted by Gasteiger charge is 2.24. The minimum absolute atomic E-state index is 0.290. The van der Waals surface area contributed by atoms with Crippen molar-refractivity contribution in [2.45, 2.75) is 38.4 Å². The molecule has 2 unspecified atom stereocenters. The second-order valence-corrected chi connectivity index (χ2v) is 3.99. The Morgan fingerprint density at radius 2 is 2.27 bits per heavy atom. The van der Waals surface area contributed by atoms with Gasteiger partial charge in [0.1, 0.15) is 0 Å². The lowest BCUT2D eigenvalue weighted by Gasteiger charge is -2.14. The van der Waals surface area contributed by atoms with Gasteiger partial charge in [-0.2, -0.15) is 0 Å². The summed E-state index contributed by atoms with van der Waals surface area (Å²) in [5.74, 6) is 0. The second kappa shape index (κ2) is 7.85. The third-order valence-electron chi connectivity index (χ3n) is 2.53. The van der Waals surface area contributed by atoms with E-state index in [-0.39, 0.29) is 0 Å². The van der Waals surface area contributed by atoms with Gasteiger partial charge in [0.05, 0.1) is 25.4 Å². The summed E-state index contributed by atoms with van der Waals surface area (Å²) in [5.41, 5.74) is 0. The van der Waals surface area contributed by atoms with Gasteiger partial charge in [0, 0.05) is 6.54 Å². The quantitative estimate of drug-likeness (QED) is 0.492. The molecule has 0 radical (unpaired) electrons. The molecular weight excluding hydrogens is 190 g/mol. The second-order valence-electron chi connectivity index (χ2n) is 3.99. The van der Waals surface area contributed by atoms with Crippen LogP contribution in [0.25, 0.3) is 0 Å². The molecule has 0 aromatic carbocycles. The van der Waals surface area contributed by atoms with Gasteiger partial charge in [0.2, 0.25) is 0 Å². The van der Waals surface area contributed by atoms with Gasteiger partial charge in [0.15, 0.2) is 0 Å². The first-order chi connectivity index (χ1) is 7.36. The van der Waals surface area contributed by atoms with Crippen molar-refractivity contribution in [3.8, 4) is 0 Å². The average molecular weight is 213 g/mol. The molecule has 0 amide bonds. The maximum Gasteiger partial charge on any atom is 0.0814 e. The summed E-state index contributed by atoms with van der Waals surface area (Å²) < 4.78 is 11.2. The summed E-state index contributed by atoms with van der Waals surface area (Å²) in [7, 11) is 0. The molecule has 0 aliphatic carbocycles. The van der Waals surface area contributed by atoms with E-state index in [9.17, 15) is 0 Å². The first-order valence-electron chi connectivity index (χ1n) is 5.91. The zero-order valence-corrected chi connectivity index (χ0v) is 9.71. The van der Waals surface area contributed by atoms with Crippen LogP contribution in [0.1, 0.15) is 26.2 Å². The Morgan fingerprint density at radius 1 is 1.47 bits per heavy atom. The van der Waals surface area contributed by atoms with Crippen LogP contribution in [0.15, 0.2) is 12.7 Å². The molecule has 0 saturated carbocycles. The maximum atomic E-state index is 5.83. The van der Waals surface area contributed by atoms with Crippen molar-refractivity contribution in [3.05, 3.63) is 12.7 Å². The molecule has 1 aliphatic heterocycles. The van der Waals surface area contributed by atoms with Crippen molar-refractivity contribution in [3.63, 3.8) is 0 Å². The highest BCUT2D eigenvalue weighted by molar-refractivity contribution is 4.75. The smallest absolute Gasteiger partial charge is 0.0814 e. The fraction of sp³-hybridized carbons (Fsp3) is 0.833. The zero-order chi connectivity index (χ0) is 10.9. The van der Waals surface area contributed by atoms with Crippen LogP contribution in [0.2, 0.25) is 0 Å². The fourth-order valence-corrected chi connectivity index (χ4v) is 1.78. The van der Waals surface area contributed by atoms with E-state index in [1.54, 1.807) is 6.08 Å². The highest BCUT2D eigenvalue weighted by atomic mass is 16.5. The molecule has 1 N–H and O–H groups in total. The normalized spacial score (nSPS) is 25.7. The van der Waals surface area contributed by atoms with Gasteiger partial charge in [-0.3, -0.25) is 0 Å². The topological polar surface area (TPSA) is 30.5 Å². The van der Waals surface area contributed by atoms with Gasteiger partial charge < -0.3 is 14.8 Å². The molecule has 1 heterocycles. The van der Waals surface area contributed by atoms with Gasteiger partial charge >= 0.3 is 0 Å². The van der Waals surface area contributed by atoms with Crippen molar-refractivity contribution < 1.29 is 9.47 Å².